The maximum absolute atomic E-state index is 12.8. The fourth-order valence-electron chi connectivity index (χ4n) is 1.60. The van der Waals surface area contributed by atoms with Crippen LogP contribution in [0.2, 0.25) is 0 Å². The molecule has 1 fully saturated rings. The molecular weight excluding hydrogens is 205 g/mol. The number of hydrogen-bond acceptors (Lipinski definition) is 1. The first-order chi connectivity index (χ1) is 7.75. The second-order valence-corrected chi connectivity index (χ2v) is 3.90. The Morgan fingerprint density at radius 3 is 2.88 bits per heavy atom. The van der Waals surface area contributed by atoms with Gasteiger partial charge in [0.1, 0.15) is 5.82 Å². The largest absolute Gasteiger partial charge is 0.342 e. The van der Waals surface area contributed by atoms with Crippen molar-refractivity contribution in [1.82, 2.24) is 4.90 Å². The highest BCUT2D eigenvalue weighted by atomic mass is 19.1. The number of likely N-dealkylation sites (tertiary alicyclic amines) is 1. The lowest BCUT2D eigenvalue weighted by Crippen LogP contribution is -2.41. The quantitative estimate of drug-likeness (QED) is 0.764. The van der Waals surface area contributed by atoms with Crippen molar-refractivity contribution in [2.75, 3.05) is 13.1 Å². The molecule has 0 aromatic heterocycles. The molecule has 0 bridgehead atoms. The highest BCUT2D eigenvalue weighted by Gasteiger charge is 2.18. The minimum Gasteiger partial charge on any atom is -0.342 e. The van der Waals surface area contributed by atoms with Crippen molar-refractivity contribution in [1.29, 1.82) is 0 Å². The lowest BCUT2D eigenvalue weighted by molar-refractivity contribution is -0.133. The Bertz CT molecular complexity index is 410. The van der Waals surface area contributed by atoms with E-state index in [1.54, 1.807) is 18.2 Å². The fourth-order valence-corrected chi connectivity index (χ4v) is 1.60. The molecule has 1 aliphatic heterocycles. The highest BCUT2D eigenvalue weighted by molar-refractivity contribution is 5.79. The molecule has 84 valence electrons. The van der Waals surface area contributed by atoms with Gasteiger partial charge in [-0.2, -0.15) is 0 Å². The first-order valence-electron chi connectivity index (χ1n) is 5.45. The standard InChI is InChI=1S/C13H14FNO/c14-12-6-1-4-11(10-12)5-2-7-13(16)15-8-3-9-15/h1-2,4-6,10H,3,7-9H2. The summed E-state index contributed by atoms with van der Waals surface area (Å²) in [5.74, 6) is -0.102. The zero-order valence-corrected chi connectivity index (χ0v) is 9.03. The molecule has 3 heteroatoms. The molecule has 1 amide bonds. The van der Waals surface area contributed by atoms with Crippen LogP contribution in [0.1, 0.15) is 18.4 Å². The summed E-state index contributed by atoms with van der Waals surface area (Å²) in [4.78, 5) is 13.3. The minimum atomic E-state index is -0.254. The van der Waals surface area contributed by atoms with Gasteiger partial charge in [0.2, 0.25) is 5.91 Å². The Labute approximate surface area is 94.4 Å². The van der Waals surface area contributed by atoms with E-state index in [9.17, 15) is 9.18 Å². The Morgan fingerprint density at radius 1 is 1.44 bits per heavy atom. The van der Waals surface area contributed by atoms with Crippen molar-refractivity contribution in [2.24, 2.45) is 0 Å². The minimum absolute atomic E-state index is 0.152. The molecule has 0 saturated carbocycles. The first kappa shape index (κ1) is 10.9. The van der Waals surface area contributed by atoms with Crippen LogP contribution in [-0.4, -0.2) is 23.9 Å². The zero-order valence-electron chi connectivity index (χ0n) is 9.03. The third-order valence-corrected chi connectivity index (χ3v) is 2.66. The molecule has 1 aromatic carbocycles. The molecule has 1 aliphatic rings. The molecule has 0 N–H and O–H groups in total. The summed E-state index contributed by atoms with van der Waals surface area (Å²) >= 11 is 0. The second kappa shape index (κ2) is 4.92. The molecule has 16 heavy (non-hydrogen) atoms. The molecule has 2 rings (SSSR count). The number of benzene rings is 1. The third-order valence-electron chi connectivity index (χ3n) is 2.66. The van der Waals surface area contributed by atoms with Gasteiger partial charge in [-0.25, -0.2) is 4.39 Å². The van der Waals surface area contributed by atoms with E-state index in [0.29, 0.717) is 6.42 Å². The van der Waals surface area contributed by atoms with Crippen molar-refractivity contribution in [2.45, 2.75) is 12.8 Å². The van der Waals surface area contributed by atoms with E-state index in [1.165, 1.54) is 12.1 Å². The number of carbonyl (C=O) groups excluding carboxylic acids is 1. The van der Waals surface area contributed by atoms with Crippen molar-refractivity contribution in [3.8, 4) is 0 Å². The van der Waals surface area contributed by atoms with Crippen LogP contribution in [0.4, 0.5) is 4.39 Å². The summed E-state index contributed by atoms with van der Waals surface area (Å²) in [7, 11) is 0. The van der Waals surface area contributed by atoms with Gasteiger partial charge in [-0.1, -0.05) is 24.3 Å². The normalized spacial score (nSPS) is 15.2. The zero-order chi connectivity index (χ0) is 11.4. The van der Waals surface area contributed by atoms with Crippen LogP contribution in [0.15, 0.2) is 30.3 Å². The average Bonchev–Trinajstić information content (AvgIpc) is 2.15. The maximum atomic E-state index is 12.8. The van der Waals surface area contributed by atoms with Crippen molar-refractivity contribution >= 4 is 12.0 Å². The molecule has 0 unspecified atom stereocenters. The van der Waals surface area contributed by atoms with Crippen molar-refractivity contribution in [3.63, 3.8) is 0 Å². The molecule has 0 spiro atoms. The van der Waals surface area contributed by atoms with Crippen LogP contribution in [0.5, 0.6) is 0 Å². The van der Waals surface area contributed by atoms with E-state index in [4.69, 9.17) is 0 Å². The van der Waals surface area contributed by atoms with Gasteiger partial charge in [0.15, 0.2) is 0 Å². The number of rotatable bonds is 3. The Hall–Kier alpha value is -1.64. The lowest BCUT2D eigenvalue weighted by atomic mass is 10.1. The van der Waals surface area contributed by atoms with E-state index >= 15 is 0 Å². The van der Waals surface area contributed by atoms with Crippen LogP contribution < -0.4 is 0 Å². The summed E-state index contributed by atoms with van der Waals surface area (Å²) in [5, 5.41) is 0. The predicted octanol–water partition coefficient (Wildman–Crippen LogP) is 2.46. The van der Waals surface area contributed by atoms with Gasteiger partial charge in [-0.15, -0.1) is 0 Å². The smallest absolute Gasteiger partial charge is 0.226 e. The van der Waals surface area contributed by atoms with Gasteiger partial charge in [0.05, 0.1) is 0 Å². The van der Waals surface area contributed by atoms with Gasteiger partial charge in [-0.3, -0.25) is 4.79 Å². The van der Waals surface area contributed by atoms with Crippen LogP contribution in [0.3, 0.4) is 0 Å². The summed E-state index contributed by atoms with van der Waals surface area (Å²) in [6.45, 7) is 1.76. The average molecular weight is 219 g/mol. The molecule has 2 nitrogen and oxygen atoms in total. The number of halogens is 1. The van der Waals surface area contributed by atoms with E-state index in [0.717, 1.165) is 25.1 Å². The van der Waals surface area contributed by atoms with E-state index in [1.807, 2.05) is 11.0 Å². The van der Waals surface area contributed by atoms with Gasteiger partial charge >= 0.3 is 0 Å². The first-order valence-corrected chi connectivity index (χ1v) is 5.45. The van der Waals surface area contributed by atoms with E-state index < -0.39 is 0 Å². The number of carbonyl (C=O) groups is 1. The Balaban J connectivity index is 1.87. The summed E-state index contributed by atoms with van der Waals surface area (Å²) in [6.07, 6.45) is 5.08. The van der Waals surface area contributed by atoms with Crippen molar-refractivity contribution < 1.29 is 9.18 Å². The van der Waals surface area contributed by atoms with Gasteiger partial charge < -0.3 is 4.90 Å². The SMILES string of the molecule is O=C(CC=Cc1cccc(F)c1)N1CCC1. The third kappa shape index (κ3) is 2.69. The van der Waals surface area contributed by atoms with Crippen molar-refractivity contribution in [3.05, 3.63) is 41.7 Å². The van der Waals surface area contributed by atoms with E-state index in [-0.39, 0.29) is 11.7 Å². The second-order valence-electron chi connectivity index (χ2n) is 3.90. The Kier molecular flexibility index (Phi) is 3.34. The topological polar surface area (TPSA) is 20.3 Å². The molecule has 1 saturated heterocycles. The van der Waals surface area contributed by atoms with Gasteiger partial charge in [0, 0.05) is 19.5 Å². The predicted molar refractivity (Wildman–Crippen MR) is 61.2 cm³/mol. The molecular formula is C13H14FNO. The van der Waals surface area contributed by atoms with Crippen LogP contribution >= 0.6 is 0 Å². The van der Waals surface area contributed by atoms with Crippen LogP contribution in [-0.2, 0) is 4.79 Å². The lowest BCUT2D eigenvalue weighted by Gasteiger charge is -2.30. The summed E-state index contributed by atoms with van der Waals surface area (Å²) in [6, 6.07) is 6.33. The monoisotopic (exact) mass is 219 g/mol. The number of amides is 1. The molecule has 0 radical (unpaired) electrons. The number of nitrogens with zero attached hydrogens (tertiary/aromatic N) is 1. The number of hydrogen-bond donors (Lipinski definition) is 0. The summed E-state index contributed by atoms with van der Waals surface area (Å²) < 4.78 is 12.8. The van der Waals surface area contributed by atoms with Crippen LogP contribution in [0.25, 0.3) is 6.08 Å². The molecule has 1 aromatic rings. The van der Waals surface area contributed by atoms with E-state index in [2.05, 4.69) is 0 Å². The van der Waals surface area contributed by atoms with Gasteiger partial charge in [-0.05, 0) is 24.1 Å². The van der Waals surface area contributed by atoms with Gasteiger partial charge in [0.25, 0.3) is 0 Å². The highest BCUT2D eigenvalue weighted by Crippen LogP contribution is 2.10. The molecule has 0 atom stereocenters. The van der Waals surface area contributed by atoms with Crippen LogP contribution in [0, 0.1) is 5.82 Å². The Morgan fingerprint density at radius 2 is 2.25 bits per heavy atom. The molecule has 0 aliphatic carbocycles. The molecule has 1 heterocycles. The fraction of sp³-hybridized carbons (Fsp3) is 0.308. The maximum Gasteiger partial charge on any atom is 0.226 e. The summed E-state index contributed by atoms with van der Waals surface area (Å²) in [5.41, 5.74) is 0.788.